The minimum absolute atomic E-state index is 0.0133. The first-order chi connectivity index (χ1) is 17.2. The number of carbonyl (C=O) groups excluding carboxylic acids is 1. The first-order valence-corrected chi connectivity index (χ1v) is 16.3. The maximum absolute atomic E-state index is 14.4. The SMILES string of the molecule is CC(C)(C)c1noc(C23CCC(CN(C(=O)C45CC(F)(C4)C5)c4cccc(P(C)(C)=O)c4)(CC2)CC3)n1. The van der Waals surface area contributed by atoms with Crippen LogP contribution in [0.4, 0.5) is 10.1 Å². The molecular weight excluding hydrogens is 488 g/mol. The van der Waals surface area contributed by atoms with Crippen LogP contribution in [0.2, 0.25) is 0 Å². The minimum Gasteiger partial charge on any atom is -0.339 e. The second-order valence-electron chi connectivity index (χ2n) is 14.2. The van der Waals surface area contributed by atoms with E-state index < -0.39 is 18.2 Å². The molecule has 0 spiro atoms. The molecule has 2 aromatic rings. The zero-order valence-electron chi connectivity index (χ0n) is 22.8. The van der Waals surface area contributed by atoms with Crippen LogP contribution in [-0.2, 0) is 20.2 Å². The van der Waals surface area contributed by atoms with Gasteiger partial charge in [-0.2, -0.15) is 4.98 Å². The molecule has 1 heterocycles. The van der Waals surface area contributed by atoms with Crippen LogP contribution in [-0.4, -0.2) is 41.6 Å². The highest BCUT2D eigenvalue weighted by Gasteiger charge is 2.73. The third-order valence-electron chi connectivity index (χ3n) is 9.87. The first kappa shape index (κ1) is 25.3. The number of aromatic nitrogens is 2. The Labute approximate surface area is 219 Å². The van der Waals surface area contributed by atoms with Gasteiger partial charge in [0.1, 0.15) is 12.8 Å². The molecule has 6 fully saturated rings. The summed E-state index contributed by atoms with van der Waals surface area (Å²) in [5.41, 5.74) is -1.09. The Morgan fingerprint density at radius 2 is 1.70 bits per heavy atom. The summed E-state index contributed by atoms with van der Waals surface area (Å²) in [6.07, 6.45) is 6.92. The van der Waals surface area contributed by atoms with Gasteiger partial charge >= 0.3 is 0 Å². The predicted molar refractivity (Wildman–Crippen MR) is 143 cm³/mol. The van der Waals surface area contributed by atoms with Gasteiger partial charge in [0.25, 0.3) is 0 Å². The third-order valence-corrected chi connectivity index (χ3v) is 11.4. The molecule has 8 heteroatoms. The molecule has 6 aliphatic carbocycles. The number of amides is 1. The van der Waals surface area contributed by atoms with E-state index in [1.165, 1.54) is 0 Å². The van der Waals surface area contributed by atoms with E-state index in [-0.39, 0.29) is 22.2 Å². The number of anilines is 1. The number of hydrogen-bond acceptors (Lipinski definition) is 5. The summed E-state index contributed by atoms with van der Waals surface area (Å²) in [6.45, 7) is 10.4. The lowest BCUT2D eigenvalue weighted by atomic mass is 9.41. The number of hydrogen-bond donors (Lipinski definition) is 0. The van der Waals surface area contributed by atoms with Crippen molar-refractivity contribution >= 4 is 24.0 Å². The van der Waals surface area contributed by atoms with Crippen LogP contribution >= 0.6 is 7.14 Å². The largest absolute Gasteiger partial charge is 0.339 e. The molecule has 200 valence electrons. The van der Waals surface area contributed by atoms with E-state index >= 15 is 0 Å². The monoisotopic (exact) mass is 527 g/mol. The Kier molecular flexibility index (Phi) is 5.31. The van der Waals surface area contributed by atoms with E-state index in [1.54, 1.807) is 13.3 Å². The quantitative estimate of drug-likeness (QED) is 0.422. The van der Waals surface area contributed by atoms with Crippen LogP contribution in [0.15, 0.2) is 28.8 Å². The summed E-state index contributed by atoms with van der Waals surface area (Å²) in [7, 11) is -2.48. The van der Waals surface area contributed by atoms with E-state index in [2.05, 4.69) is 25.9 Å². The van der Waals surface area contributed by atoms with Gasteiger partial charge in [0.15, 0.2) is 5.82 Å². The van der Waals surface area contributed by atoms with Gasteiger partial charge in [0.2, 0.25) is 11.8 Å². The summed E-state index contributed by atoms with van der Waals surface area (Å²) in [5.74, 6) is 1.58. The molecule has 6 aliphatic rings. The Bertz CT molecular complexity index is 1260. The van der Waals surface area contributed by atoms with Crippen LogP contribution < -0.4 is 10.2 Å². The smallest absolute Gasteiger partial charge is 0.233 e. The standard InChI is InChI=1S/C29H39FN3O3P/c1-25(2,3)22-31-23(36-32-22)27-12-9-26(10-13-27,11-14-27)19-33(24(34)28-16-29(30,17-28)18-28)20-7-6-8-21(15-20)37(4,5)35/h6-8,15H,9-14,16-19H2,1-5H3. The molecule has 6 saturated carbocycles. The van der Waals surface area contributed by atoms with Crippen LogP contribution in [0.3, 0.4) is 0 Å². The van der Waals surface area contributed by atoms with Gasteiger partial charge in [0, 0.05) is 28.4 Å². The minimum atomic E-state index is -2.48. The first-order valence-electron chi connectivity index (χ1n) is 13.7. The number of fused-ring (bicyclic) bond motifs is 3. The molecule has 1 aromatic heterocycles. The fraction of sp³-hybridized carbons (Fsp3) is 0.690. The van der Waals surface area contributed by atoms with Gasteiger partial charge in [-0.3, -0.25) is 4.79 Å². The van der Waals surface area contributed by atoms with Crippen molar-refractivity contribution in [3.8, 4) is 0 Å². The normalized spacial score (nSPS) is 34.5. The predicted octanol–water partition coefficient (Wildman–Crippen LogP) is 6.13. The Balaban J connectivity index is 1.26. The molecular formula is C29H39FN3O3P. The van der Waals surface area contributed by atoms with Gasteiger partial charge in [-0.25, -0.2) is 4.39 Å². The highest BCUT2D eigenvalue weighted by atomic mass is 31.2. The van der Waals surface area contributed by atoms with Crippen molar-refractivity contribution in [2.24, 2.45) is 10.8 Å². The zero-order chi connectivity index (χ0) is 26.5. The average molecular weight is 528 g/mol. The van der Waals surface area contributed by atoms with Crippen molar-refractivity contribution in [2.75, 3.05) is 24.8 Å². The molecule has 0 aliphatic heterocycles. The Morgan fingerprint density at radius 3 is 2.22 bits per heavy atom. The highest BCUT2D eigenvalue weighted by molar-refractivity contribution is 7.70. The van der Waals surface area contributed by atoms with Crippen molar-refractivity contribution in [3.05, 3.63) is 36.0 Å². The molecule has 6 nitrogen and oxygen atoms in total. The fourth-order valence-corrected chi connectivity index (χ4v) is 8.24. The number of nitrogens with zero attached hydrogens (tertiary/aromatic N) is 3. The molecule has 37 heavy (non-hydrogen) atoms. The third kappa shape index (κ3) is 4.02. The summed E-state index contributed by atoms with van der Waals surface area (Å²) in [5, 5.41) is 5.07. The molecule has 4 bridgehead atoms. The second-order valence-corrected chi connectivity index (χ2v) is 17.4. The summed E-state index contributed by atoms with van der Waals surface area (Å²) in [6, 6.07) is 7.66. The van der Waals surface area contributed by atoms with Crippen LogP contribution in [0, 0.1) is 10.8 Å². The van der Waals surface area contributed by atoms with E-state index in [0.29, 0.717) is 25.8 Å². The molecule has 1 amide bonds. The lowest BCUT2D eigenvalue weighted by molar-refractivity contribution is -0.211. The molecule has 8 rings (SSSR count). The second kappa shape index (κ2) is 7.77. The van der Waals surface area contributed by atoms with Crippen molar-refractivity contribution in [1.82, 2.24) is 10.1 Å². The summed E-state index contributed by atoms with van der Waals surface area (Å²) in [4.78, 5) is 20.7. The Hall–Kier alpha value is -2.01. The topological polar surface area (TPSA) is 76.3 Å². The number of benzene rings is 1. The maximum Gasteiger partial charge on any atom is 0.233 e. The fourth-order valence-electron chi connectivity index (χ4n) is 7.35. The van der Waals surface area contributed by atoms with E-state index in [4.69, 9.17) is 9.51 Å². The van der Waals surface area contributed by atoms with Crippen molar-refractivity contribution in [3.63, 3.8) is 0 Å². The van der Waals surface area contributed by atoms with Crippen LogP contribution in [0.25, 0.3) is 0 Å². The molecule has 0 saturated heterocycles. The van der Waals surface area contributed by atoms with Gasteiger partial charge in [-0.15, -0.1) is 0 Å². The van der Waals surface area contributed by atoms with E-state index in [1.807, 2.05) is 29.2 Å². The van der Waals surface area contributed by atoms with Gasteiger partial charge in [-0.1, -0.05) is 38.1 Å². The number of halogens is 1. The zero-order valence-corrected chi connectivity index (χ0v) is 23.7. The molecule has 1 aromatic carbocycles. The van der Waals surface area contributed by atoms with Gasteiger partial charge < -0.3 is 14.0 Å². The number of carbonyl (C=O) groups is 1. The molecule has 0 radical (unpaired) electrons. The Morgan fingerprint density at radius 1 is 1.08 bits per heavy atom. The molecule has 0 atom stereocenters. The highest BCUT2D eigenvalue weighted by Crippen LogP contribution is 2.70. The van der Waals surface area contributed by atoms with E-state index in [0.717, 1.165) is 61.2 Å². The average Bonchev–Trinajstić information content (AvgIpc) is 3.32. The van der Waals surface area contributed by atoms with Crippen molar-refractivity contribution < 1.29 is 18.3 Å². The van der Waals surface area contributed by atoms with E-state index in [9.17, 15) is 13.8 Å². The van der Waals surface area contributed by atoms with Crippen LogP contribution in [0.1, 0.15) is 90.3 Å². The summed E-state index contributed by atoms with van der Waals surface area (Å²) < 4.78 is 33.1. The lowest BCUT2D eigenvalue weighted by Gasteiger charge is -2.65. The van der Waals surface area contributed by atoms with Crippen molar-refractivity contribution in [2.45, 2.75) is 95.1 Å². The number of alkyl halides is 1. The maximum atomic E-state index is 14.4. The van der Waals surface area contributed by atoms with Gasteiger partial charge in [-0.05, 0) is 88.7 Å². The molecule has 0 N–H and O–H groups in total. The van der Waals surface area contributed by atoms with Gasteiger partial charge in [0.05, 0.1) is 5.41 Å². The molecule has 0 unspecified atom stereocenters. The number of rotatable bonds is 6. The van der Waals surface area contributed by atoms with Crippen molar-refractivity contribution in [1.29, 1.82) is 0 Å². The summed E-state index contributed by atoms with van der Waals surface area (Å²) >= 11 is 0. The lowest BCUT2D eigenvalue weighted by Crippen LogP contribution is -2.71. The van der Waals surface area contributed by atoms with Crippen LogP contribution in [0.5, 0.6) is 0 Å².